The minimum atomic E-state index is -5.33. The van der Waals surface area contributed by atoms with Crippen LogP contribution in [0, 0.1) is 20.2 Å². The van der Waals surface area contributed by atoms with Crippen LogP contribution in [0.1, 0.15) is 11.1 Å². The first-order valence-corrected chi connectivity index (χ1v) is 8.51. The maximum atomic E-state index is 13.0. The molecule has 0 radical (unpaired) electrons. The molecule has 2 aromatic rings. The number of nitro groups is 2. The lowest BCUT2D eigenvalue weighted by Crippen LogP contribution is -2.13. The number of nitrogens with zero attached hydrogens (tertiary/aromatic N) is 2. The number of sulfone groups is 1. The minimum absolute atomic E-state index is 0.0951. The van der Waals surface area contributed by atoms with E-state index in [-0.39, 0.29) is 24.3 Å². The van der Waals surface area contributed by atoms with Crippen LogP contribution in [-0.4, -0.2) is 18.3 Å². The predicted octanol–water partition coefficient (Wildman–Crippen LogP) is 4.37. The molecule has 156 valence electrons. The van der Waals surface area contributed by atoms with Crippen LogP contribution in [0.2, 0.25) is 0 Å². The monoisotopic (exact) mass is 444 g/mol. The van der Waals surface area contributed by atoms with Gasteiger partial charge in [0.05, 0.1) is 19.6 Å². The third-order valence-corrected chi connectivity index (χ3v) is 5.31. The van der Waals surface area contributed by atoms with Crippen molar-refractivity contribution in [2.75, 3.05) is 0 Å². The first-order chi connectivity index (χ1) is 13.1. The molecule has 0 aliphatic heterocycles. The molecule has 0 unspecified atom stereocenters. The summed E-state index contributed by atoms with van der Waals surface area (Å²) in [7, 11) is -5.03. The molecule has 0 aliphatic rings. The molecule has 0 spiro atoms. The summed E-state index contributed by atoms with van der Waals surface area (Å²) in [6.45, 7) is 0. The first-order valence-electron chi connectivity index (χ1n) is 7.03. The van der Waals surface area contributed by atoms with Crippen LogP contribution >= 0.6 is 0 Å². The van der Waals surface area contributed by atoms with Gasteiger partial charge in [-0.1, -0.05) is 0 Å². The molecule has 0 saturated carbocycles. The van der Waals surface area contributed by atoms with Gasteiger partial charge in [0.2, 0.25) is 9.84 Å². The van der Waals surface area contributed by atoms with E-state index in [0.29, 0.717) is 12.1 Å². The van der Waals surface area contributed by atoms with E-state index in [9.17, 15) is 55.0 Å². The van der Waals surface area contributed by atoms with Gasteiger partial charge in [-0.25, -0.2) is 8.42 Å². The summed E-state index contributed by atoms with van der Waals surface area (Å²) in [6.07, 6.45) is -10.7. The van der Waals surface area contributed by atoms with Crippen LogP contribution in [0.5, 0.6) is 0 Å². The highest BCUT2D eigenvalue weighted by Crippen LogP contribution is 2.40. The lowest BCUT2D eigenvalue weighted by Gasteiger charge is -2.12. The smallest absolute Gasteiger partial charge is 0.258 e. The zero-order valence-electron chi connectivity index (χ0n) is 13.5. The number of alkyl halides is 6. The number of benzene rings is 2. The molecule has 0 aliphatic carbocycles. The largest absolute Gasteiger partial charge is 0.423 e. The van der Waals surface area contributed by atoms with Gasteiger partial charge < -0.3 is 0 Å². The molecule has 15 heteroatoms. The van der Waals surface area contributed by atoms with Crippen LogP contribution in [0.3, 0.4) is 0 Å². The summed E-state index contributed by atoms with van der Waals surface area (Å²) < 4.78 is 103. The van der Waals surface area contributed by atoms with E-state index in [1.165, 1.54) is 0 Å². The molecule has 0 N–H and O–H groups in total. The molecule has 0 saturated heterocycles. The number of hydrogen-bond donors (Lipinski definition) is 0. The van der Waals surface area contributed by atoms with Gasteiger partial charge in [-0.15, -0.1) is 0 Å². The topological polar surface area (TPSA) is 120 Å². The molecule has 2 rings (SSSR count). The summed E-state index contributed by atoms with van der Waals surface area (Å²) in [5.74, 6) is 0. The third kappa shape index (κ3) is 4.28. The van der Waals surface area contributed by atoms with Gasteiger partial charge >= 0.3 is 12.4 Å². The van der Waals surface area contributed by atoms with Gasteiger partial charge in [-0.2, -0.15) is 26.3 Å². The summed E-state index contributed by atoms with van der Waals surface area (Å²) in [4.78, 5) is 16.3. The zero-order valence-corrected chi connectivity index (χ0v) is 14.3. The van der Waals surface area contributed by atoms with Gasteiger partial charge in [-0.05, 0) is 24.3 Å². The zero-order chi connectivity index (χ0) is 22.4. The predicted molar refractivity (Wildman–Crippen MR) is 81.6 cm³/mol. The summed E-state index contributed by atoms with van der Waals surface area (Å²) in [5, 5.41) is 21.4. The average molecular weight is 444 g/mol. The lowest BCUT2D eigenvalue weighted by atomic mass is 10.1. The Labute approximate surface area is 156 Å². The molecular weight excluding hydrogens is 438 g/mol. The molecule has 29 heavy (non-hydrogen) atoms. The highest BCUT2D eigenvalue weighted by molar-refractivity contribution is 7.91. The highest BCUT2D eigenvalue weighted by Gasteiger charge is 2.41. The van der Waals surface area contributed by atoms with Crippen molar-refractivity contribution in [2.24, 2.45) is 0 Å². The first kappa shape index (κ1) is 22.1. The quantitative estimate of drug-likeness (QED) is 0.392. The average Bonchev–Trinajstić information content (AvgIpc) is 2.58. The van der Waals surface area contributed by atoms with E-state index in [4.69, 9.17) is 0 Å². The molecule has 0 bridgehead atoms. The lowest BCUT2D eigenvalue weighted by molar-refractivity contribution is -0.388. The van der Waals surface area contributed by atoms with Gasteiger partial charge in [0.1, 0.15) is 11.1 Å². The van der Waals surface area contributed by atoms with Crippen molar-refractivity contribution in [2.45, 2.75) is 22.1 Å². The van der Waals surface area contributed by atoms with E-state index >= 15 is 0 Å². The fourth-order valence-electron chi connectivity index (χ4n) is 2.27. The Balaban J connectivity index is 2.74. The van der Waals surface area contributed by atoms with Crippen molar-refractivity contribution in [3.63, 3.8) is 0 Å². The second-order valence-electron chi connectivity index (χ2n) is 5.37. The summed E-state index contributed by atoms with van der Waals surface area (Å²) >= 11 is 0. The summed E-state index contributed by atoms with van der Waals surface area (Å²) in [5.41, 5.74) is -6.78. The normalized spacial score (nSPS) is 12.6. The molecular formula is C14H6F6N2O6S. The van der Waals surface area contributed by atoms with E-state index in [1.807, 2.05) is 0 Å². The minimum Gasteiger partial charge on any atom is -0.258 e. The fourth-order valence-corrected chi connectivity index (χ4v) is 3.59. The Bertz CT molecular complexity index is 1030. The van der Waals surface area contributed by atoms with Crippen LogP contribution in [0.15, 0.2) is 46.2 Å². The standard InChI is InChI=1S/C14H6F6N2O6S/c15-13(16,17)9-5-7(1-3-11(9)21(23)24)29(27,28)8-2-4-12(22(25)26)10(6-8)14(18,19)20/h1-6H. The SMILES string of the molecule is O=[N+]([O-])c1ccc(S(=O)(=O)c2ccc([N+](=O)[O-])c(C(F)(F)F)c2)cc1C(F)(F)F. The maximum Gasteiger partial charge on any atom is 0.423 e. The number of nitro benzene ring substituents is 2. The van der Waals surface area contributed by atoms with Crippen molar-refractivity contribution in [1.29, 1.82) is 0 Å². The van der Waals surface area contributed by atoms with Gasteiger partial charge in [0.15, 0.2) is 0 Å². The van der Waals surface area contributed by atoms with Gasteiger partial charge in [0.25, 0.3) is 11.4 Å². The van der Waals surface area contributed by atoms with Crippen molar-refractivity contribution >= 4 is 21.2 Å². The van der Waals surface area contributed by atoms with Crippen LogP contribution in [-0.2, 0) is 22.2 Å². The Morgan fingerprint density at radius 3 is 1.24 bits per heavy atom. The highest BCUT2D eigenvalue weighted by atomic mass is 32.2. The Hall–Kier alpha value is -3.23. The van der Waals surface area contributed by atoms with E-state index in [1.54, 1.807) is 0 Å². The molecule has 0 aromatic heterocycles. The second-order valence-corrected chi connectivity index (χ2v) is 7.32. The fraction of sp³-hybridized carbons (Fsp3) is 0.143. The Morgan fingerprint density at radius 1 is 0.690 bits per heavy atom. The summed E-state index contributed by atoms with van der Waals surface area (Å²) in [6, 6.07) is 1.12. The van der Waals surface area contributed by atoms with E-state index in [2.05, 4.69) is 0 Å². The van der Waals surface area contributed by atoms with Crippen molar-refractivity contribution in [3.05, 3.63) is 67.8 Å². The van der Waals surface area contributed by atoms with Crippen LogP contribution < -0.4 is 0 Å². The number of hydrogen-bond acceptors (Lipinski definition) is 6. The van der Waals surface area contributed by atoms with E-state index in [0.717, 1.165) is 0 Å². The van der Waals surface area contributed by atoms with Crippen molar-refractivity contribution < 1.29 is 44.6 Å². The second kappa shape index (κ2) is 6.98. The van der Waals surface area contributed by atoms with Crippen molar-refractivity contribution in [3.8, 4) is 0 Å². The van der Waals surface area contributed by atoms with E-state index < -0.39 is 64.3 Å². The molecule has 0 amide bonds. The molecule has 0 heterocycles. The molecule has 2 aromatic carbocycles. The van der Waals surface area contributed by atoms with Gasteiger partial charge in [-0.3, -0.25) is 20.2 Å². The Morgan fingerprint density at radius 2 is 1.00 bits per heavy atom. The van der Waals surface area contributed by atoms with Gasteiger partial charge in [0, 0.05) is 12.1 Å². The molecule has 0 fully saturated rings. The Kier molecular flexibility index (Phi) is 5.31. The van der Waals surface area contributed by atoms with Crippen LogP contribution in [0.25, 0.3) is 0 Å². The van der Waals surface area contributed by atoms with Crippen molar-refractivity contribution in [1.82, 2.24) is 0 Å². The number of rotatable bonds is 4. The number of halogens is 6. The molecule has 0 atom stereocenters. The maximum absolute atomic E-state index is 13.0. The molecule has 8 nitrogen and oxygen atoms in total. The third-order valence-electron chi connectivity index (χ3n) is 3.56. The van der Waals surface area contributed by atoms with Crippen LogP contribution in [0.4, 0.5) is 37.7 Å².